The molecule has 0 amide bonds. The summed E-state index contributed by atoms with van der Waals surface area (Å²) in [6, 6.07) is 1.000. The Labute approximate surface area is 129 Å². The van der Waals surface area contributed by atoms with Crippen molar-refractivity contribution < 1.29 is 19.5 Å². The molecule has 0 bridgehead atoms. The topological polar surface area (TPSA) is 14.1 Å². The first kappa shape index (κ1) is 23.4. The smallest absolute Gasteiger partial charge is 0.658 e. The van der Waals surface area contributed by atoms with E-state index in [0.29, 0.717) is 12.1 Å². The van der Waals surface area contributed by atoms with Gasteiger partial charge in [0.2, 0.25) is 0 Å². The first-order chi connectivity index (χ1) is 7.69. The average molecular weight is 319 g/mol. The fourth-order valence-electron chi connectivity index (χ4n) is 1.08. The van der Waals surface area contributed by atoms with Gasteiger partial charge >= 0.3 is 19.5 Å². The Hall–Kier alpha value is 0.320. The molecule has 0 rings (SSSR count). The van der Waals surface area contributed by atoms with Gasteiger partial charge < -0.3 is 11.0 Å². The Morgan fingerprint density at radius 3 is 1.78 bits per heavy atom. The minimum Gasteiger partial charge on any atom is -0.658 e. The van der Waals surface area contributed by atoms with Gasteiger partial charge in [-0.1, -0.05) is 67.1 Å². The molecule has 0 aliphatic carbocycles. The van der Waals surface area contributed by atoms with Crippen molar-refractivity contribution in [3.8, 4) is 0 Å². The van der Waals surface area contributed by atoms with E-state index in [2.05, 4.69) is 77.1 Å². The number of hydrogen-bond acceptors (Lipinski definition) is 0. The third kappa shape index (κ3) is 29.9. The predicted octanol–water partition coefficient (Wildman–Crippen LogP) is 5.35. The minimum absolute atomic E-state index is 0. The van der Waals surface area contributed by atoms with Crippen LogP contribution in [0.3, 0.4) is 0 Å². The van der Waals surface area contributed by atoms with Gasteiger partial charge in [0.05, 0.1) is 0 Å². The molecule has 0 aromatic heterocycles. The van der Waals surface area contributed by atoms with E-state index in [9.17, 15) is 0 Å². The molecule has 0 N–H and O–H groups in total. The molecule has 0 saturated heterocycles. The Bertz CT molecular complexity index is 217. The first-order valence-electron chi connectivity index (χ1n) is 6.73. The van der Waals surface area contributed by atoms with Crippen LogP contribution in [0.4, 0.5) is 0 Å². The summed E-state index contributed by atoms with van der Waals surface area (Å²) in [6.45, 7) is 17.4. The quantitative estimate of drug-likeness (QED) is 0.368. The monoisotopic (exact) mass is 317 g/mol. The molecule has 0 fully saturated rings. The van der Waals surface area contributed by atoms with Crippen molar-refractivity contribution >= 4 is 8.07 Å². The summed E-state index contributed by atoms with van der Waals surface area (Å²) in [5.41, 5.74) is 6.40. The molecule has 102 valence electrons. The van der Waals surface area contributed by atoms with Crippen molar-refractivity contribution in [2.24, 2.45) is 0 Å². The van der Waals surface area contributed by atoms with Crippen LogP contribution in [0, 0.1) is 5.70 Å². The molecule has 0 atom stereocenters. The molecule has 0 heterocycles. The normalized spacial score (nSPS) is 10.1. The maximum absolute atomic E-state index is 4.28. The molecule has 0 unspecified atom stereocenters. The SMILES string of the molecule is CC(C)[N-]C(C)C.CCCC=C=[C-][Si](C)(C)C.[Zn+2]. The Kier molecular flexibility index (Phi) is 17.9. The van der Waals surface area contributed by atoms with Gasteiger partial charge in [0.15, 0.2) is 0 Å². The van der Waals surface area contributed by atoms with Crippen LogP contribution in [0.15, 0.2) is 11.8 Å². The Morgan fingerprint density at radius 2 is 1.56 bits per heavy atom. The Morgan fingerprint density at radius 1 is 1.11 bits per heavy atom. The van der Waals surface area contributed by atoms with Crippen LogP contribution in [0.2, 0.25) is 19.6 Å². The van der Waals surface area contributed by atoms with Crippen molar-refractivity contribution in [2.45, 2.75) is 79.2 Å². The Balaban J connectivity index is -0.000000251. The van der Waals surface area contributed by atoms with Crippen LogP contribution < -0.4 is 0 Å². The molecule has 18 heavy (non-hydrogen) atoms. The maximum Gasteiger partial charge on any atom is 2.00 e. The summed E-state index contributed by atoms with van der Waals surface area (Å²) in [7, 11) is -1.10. The van der Waals surface area contributed by atoms with Crippen LogP contribution in [-0.4, -0.2) is 20.2 Å². The zero-order chi connectivity index (χ0) is 13.9. The summed E-state index contributed by atoms with van der Waals surface area (Å²) in [4.78, 5) is 0. The van der Waals surface area contributed by atoms with E-state index in [0.717, 1.165) is 6.42 Å². The number of allylic oxidation sites excluding steroid dienone is 1. The van der Waals surface area contributed by atoms with E-state index in [1.54, 1.807) is 0 Å². The summed E-state index contributed by atoms with van der Waals surface area (Å²) in [5, 5.41) is 4.28. The molecule has 0 aromatic carbocycles. The minimum atomic E-state index is -1.10. The van der Waals surface area contributed by atoms with Crippen LogP contribution >= 0.6 is 0 Å². The van der Waals surface area contributed by atoms with E-state index in [4.69, 9.17) is 0 Å². The van der Waals surface area contributed by atoms with Gasteiger partial charge in [-0.25, -0.2) is 5.70 Å². The molecular formula is C15H31NSiZn. The molecule has 0 aliphatic rings. The van der Waals surface area contributed by atoms with Crippen molar-refractivity contribution in [3.05, 3.63) is 22.8 Å². The zero-order valence-electron chi connectivity index (χ0n) is 13.8. The van der Waals surface area contributed by atoms with E-state index in [-0.39, 0.29) is 19.5 Å². The molecule has 3 heteroatoms. The van der Waals surface area contributed by atoms with Gasteiger partial charge in [-0.2, -0.15) is 6.08 Å². The third-order valence-electron chi connectivity index (χ3n) is 1.58. The number of nitrogens with zero attached hydrogens (tertiary/aromatic N) is 1. The van der Waals surface area contributed by atoms with E-state index in [1.165, 1.54) is 6.42 Å². The predicted molar refractivity (Wildman–Crippen MR) is 83.2 cm³/mol. The molecular weight excluding hydrogens is 288 g/mol. The van der Waals surface area contributed by atoms with Crippen molar-refractivity contribution in [1.29, 1.82) is 0 Å². The maximum atomic E-state index is 4.28. The standard InChI is InChI=1S/C9H17Si.C6H14N.Zn/c1-5-6-7-8-9-10(2,3)4;1-5(2)7-6(3)4;/h7H,5-6H2,1-4H3;5-6H,1-4H3;/q2*-1;+2. The molecule has 0 saturated carbocycles. The number of rotatable bonds is 5. The second-order valence-electron chi connectivity index (χ2n) is 5.85. The number of unbranched alkanes of at least 4 members (excludes halogenated alkanes) is 1. The van der Waals surface area contributed by atoms with Gasteiger partial charge in [0, 0.05) is 0 Å². The molecule has 1 nitrogen and oxygen atoms in total. The van der Waals surface area contributed by atoms with Crippen molar-refractivity contribution in [3.63, 3.8) is 0 Å². The van der Waals surface area contributed by atoms with E-state index >= 15 is 0 Å². The molecule has 0 aliphatic heterocycles. The molecule has 0 spiro atoms. The molecule has 0 aromatic rings. The van der Waals surface area contributed by atoms with Crippen molar-refractivity contribution in [2.75, 3.05) is 0 Å². The second kappa shape index (κ2) is 13.7. The van der Waals surface area contributed by atoms with Gasteiger partial charge in [0.25, 0.3) is 0 Å². The second-order valence-corrected chi connectivity index (χ2v) is 10.6. The fourth-order valence-corrected chi connectivity index (χ4v) is 1.62. The van der Waals surface area contributed by atoms with Gasteiger partial charge in [-0.05, 0) is 8.07 Å². The fraction of sp³-hybridized carbons (Fsp3) is 0.800. The largest absolute Gasteiger partial charge is 2.00 e. The van der Waals surface area contributed by atoms with Crippen molar-refractivity contribution in [1.82, 2.24) is 0 Å². The van der Waals surface area contributed by atoms with Gasteiger partial charge in [-0.15, -0.1) is 12.1 Å². The summed E-state index contributed by atoms with van der Waals surface area (Å²) in [6.07, 6.45) is 4.43. The first-order valence-corrected chi connectivity index (χ1v) is 10.2. The zero-order valence-corrected chi connectivity index (χ0v) is 17.8. The van der Waals surface area contributed by atoms with Gasteiger partial charge in [0.1, 0.15) is 0 Å². The van der Waals surface area contributed by atoms with E-state index in [1.807, 2.05) is 0 Å². The van der Waals surface area contributed by atoms with Crippen LogP contribution in [0.5, 0.6) is 0 Å². The number of hydrogen-bond donors (Lipinski definition) is 0. The van der Waals surface area contributed by atoms with E-state index < -0.39 is 8.07 Å². The van der Waals surface area contributed by atoms with Crippen LogP contribution in [0.25, 0.3) is 5.32 Å². The third-order valence-corrected chi connectivity index (χ3v) is 2.47. The van der Waals surface area contributed by atoms with Crippen LogP contribution in [-0.2, 0) is 19.5 Å². The summed E-state index contributed by atoms with van der Waals surface area (Å²) in [5.74, 6) is 0. The van der Waals surface area contributed by atoms with Gasteiger partial charge in [-0.3, -0.25) is 0 Å². The average Bonchev–Trinajstić information content (AvgIpc) is 2.09. The summed E-state index contributed by atoms with van der Waals surface area (Å²) >= 11 is 0. The van der Waals surface area contributed by atoms with Crippen LogP contribution in [0.1, 0.15) is 47.5 Å². The molecule has 0 radical (unpaired) electrons. The summed E-state index contributed by atoms with van der Waals surface area (Å²) < 4.78 is 0.